The summed E-state index contributed by atoms with van der Waals surface area (Å²) in [7, 11) is -2.01. The summed E-state index contributed by atoms with van der Waals surface area (Å²) in [5, 5.41) is 3.12. The quantitative estimate of drug-likeness (QED) is 0.760. The fourth-order valence-electron chi connectivity index (χ4n) is 1.93. The maximum Gasteiger partial charge on any atom is 0.263 e. The number of methoxy groups -OCH3 is 1. The van der Waals surface area contributed by atoms with Crippen molar-refractivity contribution in [3.63, 3.8) is 0 Å². The fourth-order valence-corrected chi connectivity index (χ4v) is 3.03. The van der Waals surface area contributed by atoms with Gasteiger partial charge in [-0.1, -0.05) is 6.07 Å². The molecule has 0 spiro atoms. The molecule has 0 radical (unpaired) electrons. The van der Waals surface area contributed by atoms with Gasteiger partial charge in [0.25, 0.3) is 10.0 Å². The number of anilines is 2. The van der Waals surface area contributed by atoms with Crippen molar-refractivity contribution in [3.05, 3.63) is 47.7 Å². The molecule has 0 amide bonds. The molecule has 2 aromatic rings. The molecule has 23 heavy (non-hydrogen) atoms. The number of rotatable bonds is 7. The molecule has 0 fully saturated rings. The van der Waals surface area contributed by atoms with Crippen LogP contribution in [0.5, 0.6) is 0 Å². The molecule has 0 aliphatic rings. The number of pyridine rings is 1. The Morgan fingerprint density at radius 1 is 1.13 bits per heavy atom. The van der Waals surface area contributed by atoms with E-state index in [1.807, 2.05) is 13.8 Å². The molecule has 0 aliphatic carbocycles. The summed E-state index contributed by atoms with van der Waals surface area (Å²) in [4.78, 5) is 4.34. The van der Waals surface area contributed by atoms with Crippen molar-refractivity contribution >= 4 is 21.5 Å². The maximum absolute atomic E-state index is 12.4. The molecule has 7 heteroatoms. The molecule has 0 saturated heterocycles. The van der Waals surface area contributed by atoms with E-state index in [0.29, 0.717) is 13.2 Å². The highest BCUT2D eigenvalue weighted by Gasteiger charge is 2.15. The summed E-state index contributed by atoms with van der Waals surface area (Å²) in [5.74, 6) is 0.278. The van der Waals surface area contributed by atoms with Gasteiger partial charge in [-0.2, -0.15) is 0 Å². The lowest BCUT2D eigenvalue weighted by atomic mass is 10.1. The fraction of sp³-hybridized carbons (Fsp3) is 0.312. The molecule has 2 rings (SSSR count). The van der Waals surface area contributed by atoms with Gasteiger partial charge in [0.1, 0.15) is 5.82 Å². The lowest BCUT2D eigenvalue weighted by Gasteiger charge is -2.10. The standard InChI is InChI=1S/C16H21N3O3S/c1-12-4-6-15(10-13(12)2)23(20,21)19-16-7-5-14(11-18-16)17-8-9-22-3/h4-7,10-11,17H,8-9H2,1-3H3,(H,18,19). The van der Waals surface area contributed by atoms with Gasteiger partial charge in [-0.3, -0.25) is 4.72 Å². The minimum absolute atomic E-state index is 0.227. The average Bonchev–Trinajstić information content (AvgIpc) is 2.51. The summed E-state index contributed by atoms with van der Waals surface area (Å²) in [6, 6.07) is 8.42. The monoisotopic (exact) mass is 335 g/mol. The van der Waals surface area contributed by atoms with Crippen LogP contribution in [-0.4, -0.2) is 33.7 Å². The van der Waals surface area contributed by atoms with Gasteiger partial charge in [0.05, 0.1) is 23.4 Å². The van der Waals surface area contributed by atoms with Crippen LogP contribution in [0.1, 0.15) is 11.1 Å². The van der Waals surface area contributed by atoms with E-state index in [1.165, 1.54) is 0 Å². The first-order valence-electron chi connectivity index (χ1n) is 7.21. The Morgan fingerprint density at radius 2 is 1.91 bits per heavy atom. The largest absolute Gasteiger partial charge is 0.383 e. The SMILES string of the molecule is COCCNc1ccc(NS(=O)(=O)c2ccc(C)c(C)c2)nc1. The molecule has 1 aromatic carbocycles. The predicted molar refractivity (Wildman–Crippen MR) is 91.3 cm³/mol. The zero-order valence-corrected chi connectivity index (χ0v) is 14.3. The van der Waals surface area contributed by atoms with E-state index in [4.69, 9.17) is 4.74 Å². The van der Waals surface area contributed by atoms with E-state index < -0.39 is 10.0 Å². The molecule has 0 atom stereocenters. The number of aryl methyl sites for hydroxylation is 2. The molecule has 0 bridgehead atoms. The first-order chi connectivity index (χ1) is 10.9. The average molecular weight is 335 g/mol. The Bertz CT molecular complexity index is 759. The molecule has 2 N–H and O–H groups in total. The van der Waals surface area contributed by atoms with Gasteiger partial charge < -0.3 is 10.1 Å². The zero-order chi connectivity index (χ0) is 16.9. The normalized spacial score (nSPS) is 11.3. The highest BCUT2D eigenvalue weighted by Crippen LogP contribution is 2.18. The Balaban J connectivity index is 2.09. The van der Waals surface area contributed by atoms with Crippen LogP contribution in [0.3, 0.4) is 0 Å². The van der Waals surface area contributed by atoms with Crippen LogP contribution in [0.15, 0.2) is 41.4 Å². The lowest BCUT2D eigenvalue weighted by Crippen LogP contribution is -2.14. The van der Waals surface area contributed by atoms with E-state index in [0.717, 1.165) is 16.8 Å². The summed E-state index contributed by atoms with van der Waals surface area (Å²) < 4.78 is 32.2. The van der Waals surface area contributed by atoms with Crippen molar-refractivity contribution in [1.82, 2.24) is 4.98 Å². The van der Waals surface area contributed by atoms with Gasteiger partial charge in [0, 0.05) is 13.7 Å². The molecule has 0 unspecified atom stereocenters. The van der Waals surface area contributed by atoms with E-state index in [9.17, 15) is 8.42 Å². The maximum atomic E-state index is 12.4. The molecule has 0 aliphatic heterocycles. The van der Waals surface area contributed by atoms with E-state index in [2.05, 4.69) is 15.0 Å². The van der Waals surface area contributed by atoms with Crippen molar-refractivity contribution in [3.8, 4) is 0 Å². The van der Waals surface area contributed by atoms with Crippen LogP contribution in [-0.2, 0) is 14.8 Å². The van der Waals surface area contributed by atoms with Crippen LogP contribution in [0, 0.1) is 13.8 Å². The van der Waals surface area contributed by atoms with Crippen molar-refractivity contribution < 1.29 is 13.2 Å². The minimum Gasteiger partial charge on any atom is -0.383 e. The zero-order valence-electron chi connectivity index (χ0n) is 13.5. The first-order valence-corrected chi connectivity index (χ1v) is 8.69. The van der Waals surface area contributed by atoms with Gasteiger partial charge in [-0.05, 0) is 49.2 Å². The Hall–Kier alpha value is -2.12. The third kappa shape index (κ3) is 4.67. The molecule has 1 heterocycles. The van der Waals surface area contributed by atoms with Crippen LogP contribution < -0.4 is 10.0 Å². The van der Waals surface area contributed by atoms with E-state index in [-0.39, 0.29) is 10.7 Å². The van der Waals surface area contributed by atoms with Gasteiger partial charge in [-0.25, -0.2) is 13.4 Å². The highest BCUT2D eigenvalue weighted by molar-refractivity contribution is 7.92. The molecule has 0 saturated carbocycles. The Labute approximate surface area is 137 Å². The third-order valence-electron chi connectivity index (χ3n) is 3.43. The topological polar surface area (TPSA) is 80.3 Å². The second-order valence-electron chi connectivity index (χ2n) is 5.20. The lowest BCUT2D eigenvalue weighted by molar-refractivity contribution is 0.211. The Kier molecular flexibility index (Phi) is 5.57. The van der Waals surface area contributed by atoms with Crippen LogP contribution in [0.25, 0.3) is 0 Å². The van der Waals surface area contributed by atoms with Crippen LogP contribution >= 0.6 is 0 Å². The molecular formula is C16H21N3O3S. The second kappa shape index (κ2) is 7.43. The smallest absolute Gasteiger partial charge is 0.263 e. The molecular weight excluding hydrogens is 314 g/mol. The number of sulfonamides is 1. The molecule has 6 nitrogen and oxygen atoms in total. The number of nitrogens with zero attached hydrogens (tertiary/aromatic N) is 1. The first kappa shape index (κ1) is 17.2. The van der Waals surface area contributed by atoms with Gasteiger partial charge >= 0.3 is 0 Å². The second-order valence-corrected chi connectivity index (χ2v) is 6.89. The van der Waals surface area contributed by atoms with Crippen molar-refractivity contribution in [2.45, 2.75) is 18.7 Å². The number of aromatic nitrogens is 1. The summed E-state index contributed by atoms with van der Waals surface area (Å²) >= 11 is 0. The van der Waals surface area contributed by atoms with Gasteiger partial charge in [0.15, 0.2) is 0 Å². The summed E-state index contributed by atoms with van der Waals surface area (Å²) in [6.07, 6.45) is 1.58. The number of hydrogen-bond donors (Lipinski definition) is 2. The Morgan fingerprint density at radius 3 is 2.52 bits per heavy atom. The van der Waals surface area contributed by atoms with Crippen LogP contribution in [0.4, 0.5) is 11.5 Å². The van der Waals surface area contributed by atoms with Crippen molar-refractivity contribution in [1.29, 1.82) is 0 Å². The number of benzene rings is 1. The number of ether oxygens (including phenoxy) is 1. The van der Waals surface area contributed by atoms with Gasteiger partial charge in [0.2, 0.25) is 0 Å². The minimum atomic E-state index is -3.64. The summed E-state index contributed by atoms with van der Waals surface area (Å²) in [6.45, 7) is 5.07. The number of hydrogen-bond acceptors (Lipinski definition) is 5. The molecule has 1 aromatic heterocycles. The van der Waals surface area contributed by atoms with Crippen molar-refractivity contribution in [2.24, 2.45) is 0 Å². The predicted octanol–water partition coefficient (Wildman–Crippen LogP) is 2.56. The summed E-state index contributed by atoms with van der Waals surface area (Å²) in [5.41, 5.74) is 2.78. The van der Waals surface area contributed by atoms with E-state index in [1.54, 1.807) is 43.6 Å². The highest BCUT2D eigenvalue weighted by atomic mass is 32.2. The van der Waals surface area contributed by atoms with Crippen LogP contribution in [0.2, 0.25) is 0 Å². The van der Waals surface area contributed by atoms with E-state index >= 15 is 0 Å². The van der Waals surface area contributed by atoms with Gasteiger partial charge in [-0.15, -0.1) is 0 Å². The number of nitrogens with one attached hydrogen (secondary N) is 2. The molecule has 124 valence electrons. The van der Waals surface area contributed by atoms with Crippen molar-refractivity contribution in [2.75, 3.05) is 30.3 Å². The third-order valence-corrected chi connectivity index (χ3v) is 4.78.